The van der Waals surface area contributed by atoms with Crippen LogP contribution in [0.15, 0.2) is 29.3 Å². The summed E-state index contributed by atoms with van der Waals surface area (Å²) >= 11 is 0. The Morgan fingerprint density at radius 1 is 1.28 bits per heavy atom. The van der Waals surface area contributed by atoms with E-state index in [-0.39, 0.29) is 29.9 Å². The first-order valence-corrected chi connectivity index (χ1v) is 10.8. The van der Waals surface area contributed by atoms with Crippen LogP contribution in [0.4, 0.5) is 0 Å². The van der Waals surface area contributed by atoms with Crippen molar-refractivity contribution in [3.05, 3.63) is 35.4 Å². The van der Waals surface area contributed by atoms with Crippen LogP contribution in [-0.2, 0) is 6.42 Å². The smallest absolute Gasteiger partial charge is 0.253 e. The van der Waals surface area contributed by atoms with Crippen molar-refractivity contribution in [1.29, 1.82) is 0 Å². The van der Waals surface area contributed by atoms with Gasteiger partial charge in [0.15, 0.2) is 5.96 Å². The van der Waals surface area contributed by atoms with E-state index in [1.165, 1.54) is 19.3 Å². The van der Waals surface area contributed by atoms with Crippen molar-refractivity contribution in [2.45, 2.75) is 46.5 Å². The molecule has 29 heavy (non-hydrogen) atoms. The van der Waals surface area contributed by atoms with E-state index in [0.717, 1.165) is 61.5 Å². The highest BCUT2D eigenvalue weighted by atomic mass is 127. The third kappa shape index (κ3) is 7.46. The SMILES string of the molecule is CCNC(=NCCc1cccc(C(=O)N(C)C)c1)N1CCC(C(CC)CC)C1.I. The van der Waals surface area contributed by atoms with Gasteiger partial charge in [-0.05, 0) is 49.3 Å². The molecular weight excluding hydrogens is 475 g/mol. The molecule has 1 amide bonds. The van der Waals surface area contributed by atoms with Gasteiger partial charge in [0, 0.05) is 45.8 Å². The molecule has 1 aliphatic rings. The van der Waals surface area contributed by atoms with Gasteiger partial charge in [0.2, 0.25) is 0 Å². The minimum absolute atomic E-state index is 0. The molecule has 0 bridgehead atoms. The molecule has 2 rings (SSSR count). The summed E-state index contributed by atoms with van der Waals surface area (Å²) < 4.78 is 0. The minimum atomic E-state index is 0. The molecule has 1 unspecified atom stereocenters. The maximum atomic E-state index is 12.2. The molecule has 1 aromatic carbocycles. The van der Waals surface area contributed by atoms with E-state index in [1.807, 2.05) is 18.2 Å². The molecule has 1 aliphatic heterocycles. The first kappa shape index (κ1) is 25.7. The maximum absolute atomic E-state index is 12.2. The first-order valence-electron chi connectivity index (χ1n) is 10.8. The predicted octanol–water partition coefficient (Wildman–Crippen LogP) is 4.27. The molecule has 0 spiro atoms. The van der Waals surface area contributed by atoms with Gasteiger partial charge < -0.3 is 15.1 Å². The molecule has 1 fully saturated rings. The number of hydrogen-bond donors (Lipinski definition) is 1. The Morgan fingerprint density at radius 3 is 2.62 bits per heavy atom. The molecule has 164 valence electrons. The normalized spacial score (nSPS) is 16.7. The number of halogens is 1. The lowest BCUT2D eigenvalue weighted by molar-refractivity contribution is 0.0827. The van der Waals surface area contributed by atoms with Gasteiger partial charge in [-0.15, -0.1) is 24.0 Å². The van der Waals surface area contributed by atoms with Crippen molar-refractivity contribution in [3.63, 3.8) is 0 Å². The van der Waals surface area contributed by atoms with Crippen LogP contribution >= 0.6 is 24.0 Å². The molecule has 1 heterocycles. The van der Waals surface area contributed by atoms with E-state index in [2.05, 4.69) is 37.1 Å². The largest absolute Gasteiger partial charge is 0.357 e. The van der Waals surface area contributed by atoms with Gasteiger partial charge in [0.1, 0.15) is 0 Å². The van der Waals surface area contributed by atoms with Gasteiger partial charge in [-0.3, -0.25) is 9.79 Å². The van der Waals surface area contributed by atoms with Crippen LogP contribution in [0.3, 0.4) is 0 Å². The number of aliphatic imine (C=N–C) groups is 1. The van der Waals surface area contributed by atoms with Crippen LogP contribution in [0, 0.1) is 11.8 Å². The van der Waals surface area contributed by atoms with Crippen LogP contribution in [-0.4, -0.2) is 61.9 Å². The van der Waals surface area contributed by atoms with E-state index in [4.69, 9.17) is 4.99 Å². The highest BCUT2D eigenvalue weighted by molar-refractivity contribution is 14.0. The monoisotopic (exact) mass is 514 g/mol. The fraction of sp³-hybridized carbons (Fsp3) is 0.652. The summed E-state index contributed by atoms with van der Waals surface area (Å²) in [6.07, 6.45) is 4.65. The quantitative estimate of drug-likeness (QED) is 0.320. The Bertz CT molecular complexity index is 658. The number of benzene rings is 1. The lowest BCUT2D eigenvalue weighted by Gasteiger charge is -2.24. The van der Waals surface area contributed by atoms with Crippen molar-refractivity contribution in [2.24, 2.45) is 16.8 Å². The Hall–Kier alpha value is -1.31. The molecule has 5 nitrogen and oxygen atoms in total. The van der Waals surface area contributed by atoms with Gasteiger partial charge in [0.25, 0.3) is 5.91 Å². The highest BCUT2D eigenvalue weighted by Gasteiger charge is 2.29. The van der Waals surface area contributed by atoms with Crippen molar-refractivity contribution < 1.29 is 4.79 Å². The van der Waals surface area contributed by atoms with Crippen LogP contribution in [0.5, 0.6) is 0 Å². The Balaban J connectivity index is 0.00000420. The minimum Gasteiger partial charge on any atom is -0.357 e. The first-order chi connectivity index (χ1) is 13.5. The van der Waals surface area contributed by atoms with E-state index in [0.29, 0.717) is 0 Å². The Labute approximate surface area is 194 Å². The maximum Gasteiger partial charge on any atom is 0.253 e. The average molecular weight is 514 g/mol. The van der Waals surface area contributed by atoms with E-state index in [9.17, 15) is 4.79 Å². The van der Waals surface area contributed by atoms with Crippen LogP contribution in [0.2, 0.25) is 0 Å². The lowest BCUT2D eigenvalue weighted by Crippen LogP contribution is -2.40. The number of carbonyl (C=O) groups excluding carboxylic acids is 1. The van der Waals surface area contributed by atoms with Gasteiger partial charge >= 0.3 is 0 Å². The van der Waals surface area contributed by atoms with E-state index >= 15 is 0 Å². The fourth-order valence-electron chi connectivity index (χ4n) is 4.15. The molecule has 0 aromatic heterocycles. The third-order valence-corrected chi connectivity index (χ3v) is 5.82. The summed E-state index contributed by atoms with van der Waals surface area (Å²) in [5.74, 6) is 2.69. The van der Waals surface area contributed by atoms with Gasteiger partial charge in [-0.2, -0.15) is 0 Å². The van der Waals surface area contributed by atoms with Crippen LogP contribution in [0.1, 0.15) is 56.0 Å². The molecule has 6 heteroatoms. The lowest BCUT2D eigenvalue weighted by atomic mass is 9.87. The summed E-state index contributed by atoms with van der Waals surface area (Å²) in [7, 11) is 3.57. The summed E-state index contributed by atoms with van der Waals surface area (Å²) in [6.45, 7) is 10.6. The van der Waals surface area contributed by atoms with Crippen LogP contribution in [0.25, 0.3) is 0 Å². The average Bonchev–Trinajstić information content (AvgIpc) is 3.17. The second-order valence-corrected chi connectivity index (χ2v) is 7.96. The fourth-order valence-corrected chi connectivity index (χ4v) is 4.15. The molecule has 1 atom stereocenters. The second-order valence-electron chi connectivity index (χ2n) is 7.96. The van der Waals surface area contributed by atoms with E-state index < -0.39 is 0 Å². The number of amides is 1. The number of guanidine groups is 1. The standard InChI is InChI=1S/C23H38N4O.HI/c1-6-19(7-2)21-13-15-27(17-21)23(24-8-3)25-14-12-18-10-9-11-20(16-18)22(28)26(4)5;/h9-11,16,19,21H,6-8,12-15,17H2,1-5H3,(H,24,25);1H. The molecule has 1 N–H and O–H groups in total. The van der Waals surface area contributed by atoms with Gasteiger partial charge in [-0.1, -0.05) is 38.8 Å². The summed E-state index contributed by atoms with van der Waals surface area (Å²) in [4.78, 5) is 21.1. The highest BCUT2D eigenvalue weighted by Crippen LogP contribution is 2.28. The molecule has 1 aromatic rings. The van der Waals surface area contributed by atoms with Gasteiger partial charge in [-0.25, -0.2) is 0 Å². The molecule has 1 saturated heterocycles. The number of likely N-dealkylation sites (tertiary alicyclic amines) is 1. The molecule has 0 saturated carbocycles. The molecule has 0 radical (unpaired) electrons. The van der Waals surface area contributed by atoms with Crippen molar-refractivity contribution >= 4 is 35.8 Å². The summed E-state index contributed by atoms with van der Waals surface area (Å²) in [5.41, 5.74) is 1.90. The summed E-state index contributed by atoms with van der Waals surface area (Å²) in [5, 5.41) is 3.47. The number of nitrogens with one attached hydrogen (secondary N) is 1. The zero-order valence-electron chi connectivity index (χ0n) is 18.8. The third-order valence-electron chi connectivity index (χ3n) is 5.82. The van der Waals surface area contributed by atoms with Crippen LogP contribution < -0.4 is 5.32 Å². The number of carbonyl (C=O) groups is 1. The summed E-state index contributed by atoms with van der Waals surface area (Å²) in [6, 6.07) is 7.90. The Morgan fingerprint density at radius 2 is 2.00 bits per heavy atom. The number of rotatable bonds is 8. The molecular formula is C23H39IN4O. The number of hydrogen-bond acceptors (Lipinski definition) is 2. The predicted molar refractivity (Wildman–Crippen MR) is 133 cm³/mol. The molecule has 0 aliphatic carbocycles. The van der Waals surface area contributed by atoms with Crippen molar-refractivity contribution in [1.82, 2.24) is 15.1 Å². The topological polar surface area (TPSA) is 47.9 Å². The van der Waals surface area contributed by atoms with Gasteiger partial charge in [0.05, 0.1) is 0 Å². The van der Waals surface area contributed by atoms with Crippen molar-refractivity contribution in [3.8, 4) is 0 Å². The van der Waals surface area contributed by atoms with E-state index in [1.54, 1.807) is 19.0 Å². The zero-order valence-corrected chi connectivity index (χ0v) is 21.1. The zero-order chi connectivity index (χ0) is 20.5. The number of nitrogens with zero attached hydrogens (tertiary/aromatic N) is 3. The van der Waals surface area contributed by atoms with Crippen molar-refractivity contribution in [2.75, 3.05) is 40.3 Å². The Kier molecular flexibility index (Phi) is 11.6. The second kappa shape index (κ2) is 13.1.